The van der Waals surface area contributed by atoms with E-state index >= 15 is 0 Å². The van der Waals surface area contributed by atoms with Gasteiger partial charge < -0.3 is 14.5 Å². The Morgan fingerprint density at radius 1 is 0.971 bits per heavy atom. The minimum atomic E-state index is -1.31. The molecule has 170 valence electrons. The first-order chi connectivity index (χ1) is 16.5. The molecule has 3 aromatic carbocycles. The monoisotopic (exact) mass is 455 g/mol. The van der Waals surface area contributed by atoms with Gasteiger partial charge in [0.1, 0.15) is 23.5 Å². The molecule has 4 amide bonds. The van der Waals surface area contributed by atoms with Crippen molar-refractivity contribution in [3.8, 4) is 5.75 Å². The maximum absolute atomic E-state index is 13.2. The van der Waals surface area contributed by atoms with Crippen LogP contribution in [0, 0.1) is 0 Å². The summed E-state index contributed by atoms with van der Waals surface area (Å²) in [5.74, 6) is -0.739. The van der Waals surface area contributed by atoms with Gasteiger partial charge in [0.05, 0.1) is 0 Å². The lowest BCUT2D eigenvalue weighted by Gasteiger charge is -2.22. The predicted molar refractivity (Wildman–Crippen MR) is 124 cm³/mol. The van der Waals surface area contributed by atoms with Crippen molar-refractivity contribution in [3.05, 3.63) is 102 Å². The number of urea groups is 1. The molecule has 8 heteroatoms. The van der Waals surface area contributed by atoms with Crippen molar-refractivity contribution in [2.24, 2.45) is 0 Å². The van der Waals surface area contributed by atoms with Crippen LogP contribution in [0.2, 0.25) is 0 Å². The van der Waals surface area contributed by atoms with E-state index in [0.29, 0.717) is 32.9 Å². The van der Waals surface area contributed by atoms with E-state index in [0.717, 1.165) is 0 Å². The fourth-order valence-corrected chi connectivity index (χ4v) is 3.96. The lowest BCUT2D eigenvalue weighted by Crippen LogP contribution is -2.48. The number of benzene rings is 3. The van der Waals surface area contributed by atoms with Crippen LogP contribution in [-0.2, 0) is 16.9 Å². The number of hydrogen-bond acceptors (Lipinski definition) is 5. The van der Waals surface area contributed by atoms with Gasteiger partial charge in [0, 0.05) is 10.9 Å². The summed E-state index contributed by atoms with van der Waals surface area (Å²) in [5, 5.41) is 4.05. The van der Waals surface area contributed by atoms with E-state index in [2.05, 4.69) is 10.7 Å². The van der Waals surface area contributed by atoms with Crippen molar-refractivity contribution in [3.63, 3.8) is 0 Å². The molecule has 1 aliphatic heterocycles. The first kappa shape index (κ1) is 21.3. The van der Waals surface area contributed by atoms with Crippen LogP contribution in [0.3, 0.4) is 0 Å². The lowest BCUT2D eigenvalue weighted by atomic mass is 9.92. The van der Waals surface area contributed by atoms with Gasteiger partial charge in [0.15, 0.2) is 0 Å². The molecule has 0 bridgehead atoms. The number of imide groups is 1. The molecule has 5 rings (SSSR count). The second-order valence-corrected chi connectivity index (χ2v) is 8.01. The highest BCUT2D eigenvalue weighted by molar-refractivity contribution is 6.09. The third-order valence-electron chi connectivity index (χ3n) is 5.79. The summed E-state index contributed by atoms with van der Waals surface area (Å²) >= 11 is 0. The normalized spacial score (nSPS) is 17.6. The van der Waals surface area contributed by atoms with Crippen LogP contribution in [0.5, 0.6) is 5.75 Å². The SMILES string of the molecule is C[C@]1(c2ccccc2)NC(=O)N(NC(=O)c2oc3ccccc3c2COc2ccccc2)C1=O. The number of amides is 4. The average Bonchev–Trinajstić information content (AvgIpc) is 3.34. The van der Waals surface area contributed by atoms with Gasteiger partial charge in [-0.2, -0.15) is 5.01 Å². The van der Waals surface area contributed by atoms with E-state index < -0.39 is 23.4 Å². The van der Waals surface area contributed by atoms with Crippen molar-refractivity contribution in [1.82, 2.24) is 15.8 Å². The Kier molecular flexibility index (Phi) is 5.25. The minimum absolute atomic E-state index is 0.0361. The van der Waals surface area contributed by atoms with Crippen molar-refractivity contribution >= 4 is 28.8 Å². The number of carbonyl (C=O) groups excluding carboxylic acids is 3. The molecule has 1 aromatic heterocycles. The van der Waals surface area contributed by atoms with Crippen molar-refractivity contribution in [2.75, 3.05) is 0 Å². The van der Waals surface area contributed by atoms with E-state index in [1.54, 1.807) is 55.5 Å². The van der Waals surface area contributed by atoms with Gasteiger partial charge in [-0.25, -0.2) is 10.2 Å². The highest BCUT2D eigenvalue weighted by Gasteiger charge is 2.50. The smallest absolute Gasteiger partial charge is 0.344 e. The first-order valence-corrected chi connectivity index (χ1v) is 10.7. The number of furan rings is 1. The van der Waals surface area contributed by atoms with Crippen LogP contribution in [0.15, 0.2) is 89.3 Å². The number of nitrogens with one attached hydrogen (secondary N) is 2. The molecule has 0 radical (unpaired) electrons. The fourth-order valence-electron chi connectivity index (χ4n) is 3.96. The Morgan fingerprint density at radius 2 is 1.62 bits per heavy atom. The second kappa shape index (κ2) is 8.40. The molecule has 0 unspecified atom stereocenters. The quantitative estimate of drug-likeness (QED) is 0.426. The van der Waals surface area contributed by atoms with Crippen molar-refractivity contribution in [2.45, 2.75) is 19.1 Å². The third-order valence-corrected chi connectivity index (χ3v) is 5.79. The van der Waals surface area contributed by atoms with Crippen LogP contribution >= 0.6 is 0 Å². The highest BCUT2D eigenvalue weighted by atomic mass is 16.5. The van der Waals surface area contributed by atoms with Crippen molar-refractivity contribution < 1.29 is 23.5 Å². The molecule has 34 heavy (non-hydrogen) atoms. The summed E-state index contributed by atoms with van der Waals surface area (Å²) in [6.45, 7) is 1.65. The average molecular weight is 455 g/mol. The maximum atomic E-state index is 13.2. The van der Waals surface area contributed by atoms with Gasteiger partial charge in [-0.05, 0) is 30.7 Å². The molecule has 0 aliphatic carbocycles. The molecule has 1 atom stereocenters. The number of ether oxygens (including phenoxy) is 1. The van der Waals surface area contributed by atoms with Crippen molar-refractivity contribution in [1.29, 1.82) is 0 Å². The topological polar surface area (TPSA) is 101 Å². The third kappa shape index (κ3) is 3.65. The second-order valence-electron chi connectivity index (χ2n) is 8.01. The summed E-state index contributed by atoms with van der Waals surface area (Å²) in [7, 11) is 0. The van der Waals surface area contributed by atoms with Crippen LogP contribution < -0.4 is 15.5 Å². The highest BCUT2D eigenvalue weighted by Crippen LogP contribution is 2.30. The van der Waals surface area contributed by atoms with Gasteiger partial charge >= 0.3 is 11.9 Å². The van der Waals surface area contributed by atoms with E-state index in [1.165, 1.54) is 0 Å². The Balaban J connectivity index is 1.42. The molecule has 1 saturated heterocycles. The van der Waals surface area contributed by atoms with E-state index in [-0.39, 0.29) is 12.4 Å². The summed E-state index contributed by atoms with van der Waals surface area (Å²) in [6.07, 6.45) is 0. The molecule has 8 nitrogen and oxygen atoms in total. The van der Waals surface area contributed by atoms with E-state index in [9.17, 15) is 14.4 Å². The molecule has 0 spiro atoms. The molecule has 2 heterocycles. The zero-order chi connectivity index (χ0) is 23.7. The van der Waals surface area contributed by atoms with Crippen LogP contribution in [0.4, 0.5) is 4.79 Å². The predicted octanol–water partition coefficient (Wildman–Crippen LogP) is 4.12. The number of carbonyl (C=O) groups is 3. The van der Waals surface area contributed by atoms with Crippen LogP contribution in [-0.4, -0.2) is 22.9 Å². The standard InChI is InChI=1S/C26H21N3O5/c1-26(17-10-4-2-5-11-17)24(31)29(25(32)27-26)28-23(30)22-20(16-33-18-12-6-3-7-13-18)19-14-8-9-15-21(19)34-22/h2-15H,16H2,1H3,(H,27,32)(H,28,30)/t26-/m1/s1. The van der Waals surface area contributed by atoms with Gasteiger partial charge in [-0.3, -0.25) is 9.59 Å². The van der Waals surface area contributed by atoms with Crippen LogP contribution in [0.25, 0.3) is 11.0 Å². The first-order valence-electron chi connectivity index (χ1n) is 10.7. The number of hydrazine groups is 1. The summed E-state index contributed by atoms with van der Waals surface area (Å²) < 4.78 is 11.7. The Bertz CT molecular complexity index is 1380. The molecule has 4 aromatic rings. The maximum Gasteiger partial charge on any atom is 0.344 e. The van der Waals surface area contributed by atoms with Gasteiger partial charge in [-0.1, -0.05) is 66.7 Å². The number of para-hydroxylation sites is 2. The van der Waals surface area contributed by atoms with E-state index in [4.69, 9.17) is 9.15 Å². The van der Waals surface area contributed by atoms with Crippen LogP contribution in [0.1, 0.15) is 28.6 Å². The minimum Gasteiger partial charge on any atom is -0.489 e. The van der Waals surface area contributed by atoms with Gasteiger partial charge in [0.2, 0.25) is 5.76 Å². The number of rotatable bonds is 6. The number of fused-ring (bicyclic) bond motifs is 1. The Hall–Kier alpha value is -4.59. The summed E-state index contributed by atoms with van der Waals surface area (Å²) in [5.41, 5.74) is 2.70. The fraction of sp³-hybridized carbons (Fsp3) is 0.115. The largest absolute Gasteiger partial charge is 0.489 e. The summed E-state index contributed by atoms with van der Waals surface area (Å²) in [4.78, 5) is 39.0. The zero-order valence-electron chi connectivity index (χ0n) is 18.3. The zero-order valence-corrected chi connectivity index (χ0v) is 18.3. The molecular weight excluding hydrogens is 434 g/mol. The molecular formula is C26H21N3O5. The Labute approximate surface area is 195 Å². The van der Waals surface area contributed by atoms with Gasteiger partial charge in [-0.15, -0.1) is 0 Å². The molecule has 2 N–H and O–H groups in total. The van der Waals surface area contributed by atoms with Gasteiger partial charge in [0.25, 0.3) is 5.91 Å². The number of nitrogens with zero attached hydrogens (tertiary/aromatic N) is 1. The summed E-state index contributed by atoms with van der Waals surface area (Å²) in [6, 6.07) is 24.4. The molecule has 1 aliphatic rings. The number of hydrogen-bond donors (Lipinski definition) is 2. The van der Waals surface area contributed by atoms with E-state index in [1.807, 2.05) is 36.4 Å². The molecule has 0 saturated carbocycles. The molecule has 1 fully saturated rings. The lowest BCUT2D eigenvalue weighted by molar-refractivity contribution is -0.132. The Morgan fingerprint density at radius 3 is 2.35 bits per heavy atom.